The van der Waals surface area contributed by atoms with Gasteiger partial charge in [-0.15, -0.1) is 11.3 Å². The lowest BCUT2D eigenvalue weighted by Gasteiger charge is -2.13. The van der Waals surface area contributed by atoms with Crippen molar-refractivity contribution in [3.8, 4) is 23.0 Å². The molecular weight excluding hydrogens is 406 g/mol. The smallest absolute Gasteiger partial charge is 0.261 e. The first kappa shape index (κ1) is 20.4. The molecule has 0 unspecified atom stereocenters. The Hall–Kier alpha value is -2.91. The number of rotatable bonds is 7. The standard InChI is InChI=1S/C21H23N3O5S/c1-4-27-15-7-6-13(10-16(15)28-5-2)19(25)23-21-18(20-22-12(3)24-29-20)14-8-9-26-11-17(14)30-21/h6-7,10H,4-5,8-9,11H2,1-3H3,(H,23,25). The molecule has 0 radical (unpaired) electrons. The highest BCUT2D eigenvalue weighted by Crippen LogP contribution is 2.42. The van der Waals surface area contributed by atoms with Gasteiger partial charge >= 0.3 is 0 Å². The maximum atomic E-state index is 13.0. The van der Waals surface area contributed by atoms with E-state index in [4.69, 9.17) is 18.7 Å². The van der Waals surface area contributed by atoms with Gasteiger partial charge in [-0.1, -0.05) is 5.16 Å². The topological polar surface area (TPSA) is 95.7 Å². The summed E-state index contributed by atoms with van der Waals surface area (Å²) in [5.41, 5.74) is 2.34. The van der Waals surface area contributed by atoms with E-state index < -0.39 is 0 Å². The molecule has 158 valence electrons. The number of ether oxygens (including phenoxy) is 3. The molecule has 8 nitrogen and oxygen atoms in total. The molecule has 0 spiro atoms. The Morgan fingerprint density at radius 2 is 2.03 bits per heavy atom. The maximum Gasteiger partial charge on any atom is 0.261 e. The highest BCUT2D eigenvalue weighted by Gasteiger charge is 2.27. The summed E-state index contributed by atoms with van der Waals surface area (Å²) in [4.78, 5) is 18.5. The molecule has 0 bridgehead atoms. The van der Waals surface area contributed by atoms with E-state index in [9.17, 15) is 4.79 Å². The van der Waals surface area contributed by atoms with E-state index in [2.05, 4.69) is 15.5 Å². The molecule has 3 aromatic rings. The first-order valence-corrected chi connectivity index (χ1v) is 10.7. The Bertz CT molecular complexity index is 1060. The van der Waals surface area contributed by atoms with Gasteiger partial charge < -0.3 is 24.1 Å². The van der Waals surface area contributed by atoms with Gasteiger partial charge in [0.25, 0.3) is 11.8 Å². The average molecular weight is 429 g/mol. The van der Waals surface area contributed by atoms with Gasteiger partial charge in [0.2, 0.25) is 0 Å². The second-order valence-corrected chi connectivity index (χ2v) is 7.74. The van der Waals surface area contributed by atoms with E-state index in [1.807, 2.05) is 13.8 Å². The number of aromatic nitrogens is 2. The first-order chi connectivity index (χ1) is 14.6. The lowest BCUT2D eigenvalue weighted by Crippen LogP contribution is -2.12. The fourth-order valence-electron chi connectivity index (χ4n) is 3.31. The van der Waals surface area contributed by atoms with E-state index in [1.165, 1.54) is 11.3 Å². The zero-order valence-corrected chi connectivity index (χ0v) is 17.9. The average Bonchev–Trinajstić information content (AvgIpc) is 3.32. The maximum absolute atomic E-state index is 13.0. The second kappa shape index (κ2) is 8.85. The highest BCUT2D eigenvalue weighted by molar-refractivity contribution is 7.17. The number of benzene rings is 1. The number of aryl methyl sites for hydroxylation is 1. The van der Waals surface area contributed by atoms with E-state index in [-0.39, 0.29) is 5.91 Å². The number of anilines is 1. The summed E-state index contributed by atoms with van der Waals surface area (Å²) in [5.74, 6) is 1.85. The van der Waals surface area contributed by atoms with Gasteiger partial charge in [0, 0.05) is 10.4 Å². The van der Waals surface area contributed by atoms with E-state index in [1.54, 1.807) is 25.1 Å². The summed E-state index contributed by atoms with van der Waals surface area (Å²) in [6.07, 6.45) is 0.732. The van der Waals surface area contributed by atoms with Gasteiger partial charge in [0.1, 0.15) is 5.00 Å². The second-order valence-electron chi connectivity index (χ2n) is 6.64. The molecule has 9 heteroatoms. The fraction of sp³-hybridized carbons (Fsp3) is 0.381. The number of nitrogens with zero attached hydrogens (tertiary/aromatic N) is 2. The number of amides is 1. The summed E-state index contributed by atoms with van der Waals surface area (Å²) in [5, 5.41) is 7.59. The van der Waals surface area contributed by atoms with Crippen molar-refractivity contribution < 1.29 is 23.5 Å². The molecule has 1 aromatic carbocycles. The SMILES string of the molecule is CCOc1ccc(C(=O)Nc2sc3c(c2-c2nc(C)no2)CCOC3)cc1OCC. The summed E-state index contributed by atoms with van der Waals surface area (Å²) in [6, 6.07) is 5.16. The predicted molar refractivity (Wildman–Crippen MR) is 112 cm³/mol. The van der Waals surface area contributed by atoms with Crippen LogP contribution in [0.2, 0.25) is 0 Å². The number of thiophene rings is 1. The number of nitrogens with one attached hydrogen (secondary N) is 1. The molecule has 4 rings (SSSR count). The minimum absolute atomic E-state index is 0.254. The molecule has 2 aromatic heterocycles. The van der Waals surface area contributed by atoms with Crippen LogP contribution < -0.4 is 14.8 Å². The molecule has 1 aliphatic rings. The van der Waals surface area contributed by atoms with Crippen LogP contribution in [0.3, 0.4) is 0 Å². The molecule has 0 fully saturated rings. The van der Waals surface area contributed by atoms with Gasteiger partial charge in [-0.2, -0.15) is 4.98 Å². The predicted octanol–water partition coefficient (Wildman–Crippen LogP) is 4.23. The molecule has 3 heterocycles. The molecule has 30 heavy (non-hydrogen) atoms. The van der Waals surface area contributed by atoms with Crippen LogP contribution in [0.5, 0.6) is 11.5 Å². The van der Waals surface area contributed by atoms with E-state index in [0.717, 1.165) is 22.4 Å². The van der Waals surface area contributed by atoms with Crippen LogP contribution >= 0.6 is 11.3 Å². The molecule has 0 saturated heterocycles. The van der Waals surface area contributed by atoms with Crippen LogP contribution in [0.1, 0.15) is 40.5 Å². The largest absolute Gasteiger partial charge is 0.490 e. The minimum Gasteiger partial charge on any atom is -0.490 e. The third-order valence-corrected chi connectivity index (χ3v) is 5.72. The van der Waals surface area contributed by atoms with Crippen LogP contribution in [-0.2, 0) is 17.8 Å². The minimum atomic E-state index is -0.254. The van der Waals surface area contributed by atoms with Crippen molar-refractivity contribution in [2.75, 3.05) is 25.1 Å². The van der Waals surface area contributed by atoms with Gasteiger partial charge in [0.15, 0.2) is 17.3 Å². The van der Waals surface area contributed by atoms with Crippen molar-refractivity contribution in [2.24, 2.45) is 0 Å². The van der Waals surface area contributed by atoms with Crippen LogP contribution in [-0.4, -0.2) is 35.9 Å². The Kier molecular flexibility index (Phi) is 6.01. The van der Waals surface area contributed by atoms with E-state index >= 15 is 0 Å². The van der Waals surface area contributed by atoms with Crippen LogP contribution in [0.15, 0.2) is 22.7 Å². The number of carbonyl (C=O) groups excluding carboxylic acids is 1. The zero-order chi connectivity index (χ0) is 21.1. The molecule has 1 amide bonds. The Labute approximate surface area is 178 Å². The number of carbonyl (C=O) groups is 1. The van der Waals surface area contributed by atoms with Crippen molar-refractivity contribution in [2.45, 2.75) is 33.8 Å². The summed E-state index contributed by atoms with van der Waals surface area (Å²) >= 11 is 1.47. The summed E-state index contributed by atoms with van der Waals surface area (Å²) < 4.78 is 22.2. The molecule has 0 aliphatic carbocycles. The Morgan fingerprint density at radius 3 is 2.77 bits per heavy atom. The summed E-state index contributed by atoms with van der Waals surface area (Å²) in [6.45, 7) is 7.67. The van der Waals surface area contributed by atoms with Crippen LogP contribution in [0.25, 0.3) is 11.5 Å². The van der Waals surface area contributed by atoms with Crippen molar-refractivity contribution >= 4 is 22.2 Å². The number of hydrogen-bond donors (Lipinski definition) is 1. The zero-order valence-electron chi connectivity index (χ0n) is 17.1. The quantitative estimate of drug-likeness (QED) is 0.600. The first-order valence-electron chi connectivity index (χ1n) is 9.84. The third-order valence-electron chi connectivity index (χ3n) is 4.59. The number of hydrogen-bond acceptors (Lipinski definition) is 8. The van der Waals surface area contributed by atoms with E-state index in [0.29, 0.717) is 60.2 Å². The lowest BCUT2D eigenvalue weighted by atomic mass is 10.1. The molecule has 1 N–H and O–H groups in total. The Balaban J connectivity index is 1.67. The molecule has 0 atom stereocenters. The number of fused-ring (bicyclic) bond motifs is 1. The monoisotopic (exact) mass is 429 g/mol. The third kappa shape index (κ3) is 4.03. The van der Waals surface area contributed by atoms with Gasteiger partial charge in [-0.25, -0.2) is 0 Å². The van der Waals surface area contributed by atoms with Crippen LogP contribution in [0, 0.1) is 6.92 Å². The van der Waals surface area contributed by atoms with Gasteiger partial charge in [-0.3, -0.25) is 4.79 Å². The molecule has 1 aliphatic heterocycles. The molecular formula is C21H23N3O5S. The van der Waals surface area contributed by atoms with Crippen LogP contribution in [0.4, 0.5) is 5.00 Å². The fourth-order valence-corrected chi connectivity index (χ4v) is 4.49. The van der Waals surface area contributed by atoms with Crippen molar-refractivity contribution in [1.82, 2.24) is 10.1 Å². The van der Waals surface area contributed by atoms with Gasteiger partial charge in [-0.05, 0) is 51.0 Å². The summed E-state index contributed by atoms with van der Waals surface area (Å²) in [7, 11) is 0. The van der Waals surface area contributed by atoms with Gasteiger partial charge in [0.05, 0.1) is 32.0 Å². The Morgan fingerprint density at radius 1 is 1.23 bits per heavy atom. The highest BCUT2D eigenvalue weighted by atomic mass is 32.1. The van der Waals surface area contributed by atoms with Crippen molar-refractivity contribution in [1.29, 1.82) is 0 Å². The molecule has 0 saturated carbocycles. The lowest BCUT2D eigenvalue weighted by molar-refractivity contribution is 0.102. The normalized spacial score (nSPS) is 13.0. The van der Waals surface area contributed by atoms with Crippen molar-refractivity contribution in [3.63, 3.8) is 0 Å². The van der Waals surface area contributed by atoms with Crippen molar-refractivity contribution in [3.05, 3.63) is 40.0 Å².